The number of hydrogen-bond acceptors (Lipinski definition) is 3. The Kier molecular flexibility index (Phi) is 5.09. The Bertz CT molecular complexity index is 1280. The molecule has 4 heteroatoms. The lowest BCUT2D eigenvalue weighted by molar-refractivity contribution is -0.146. The number of anilines is 1. The van der Waals surface area contributed by atoms with E-state index in [2.05, 4.69) is 51.2 Å². The quantitative estimate of drug-likeness (QED) is 0.464. The molecule has 3 aromatic rings. The summed E-state index contributed by atoms with van der Waals surface area (Å²) in [6.07, 6.45) is 4.43. The number of hydrogen-bond donors (Lipinski definition) is 2. The van der Waals surface area contributed by atoms with E-state index in [-0.39, 0.29) is 11.4 Å². The molecule has 2 heterocycles. The predicted molar refractivity (Wildman–Crippen MR) is 132 cm³/mol. The van der Waals surface area contributed by atoms with Crippen molar-refractivity contribution in [2.45, 2.75) is 58.3 Å². The first-order chi connectivity index (χ1) is 15.7. The number of aliphatic hydroxyl groups is 1. The van der Waals surface area contributed by atoms with E-state index in [1.807, 2.05) is 24.3 Å². The molecule has 2 aliphatic rings. The van der Waals surface area contributed by atoms with Gasteiger partial charge in [-0.05, 0) is 73.7 Å². The molecule has 0 aromatic heterocycles. The van der Waals surface area contributed by atoms with E-state index in [0.717, 1.165) is 40.8 Å². The van der Waals surface area contributed by atoms with Gasteiger partial charge in [0, 0.05) is 28.8 Å². The Morgan fingerprint density at radius 1 is 1.00 bits per heavy atom. The number of ether oxygens (including phenoxy) is 1. The van der Waals surface area contributed by atoms with Crippen molar-refractivity contribution in [1.82, 2.24) is 0 Å². The summed E-state index contributed by atoms with van der Waals surface area (Å²) in [5.74, 6) is -1.43. The van der Waals surface area contributed by atoms with Crippen LogP contribution in [0.1, 0.15) is 56.4 Å². The van der Waals surface area contributed by atoms with Crippen LogP contribution < -0.4 is 10.1 Å². The average Bonchev–Trinajstić information content (AvgIpc) is 2.75. The minimum Gasteiger partial charge on any atom is -0.457 e. The molecule has 0 radical (unpaired) electrons. The molecule has 0 saturated heterocycles. The van der Waals surface area contributed by atoms with Gasteiger partial charge in [-0.1, -0.05) is 49.8 Å². The molecule has 2 aliphatic heterocycles. The summed E-state index contributed by atoms with van der Waals surface area (Å²) in [5, 5.41) is 15.8. The van der Waals surface area contributed by atoms with Crippen LogP contribution in [0.2, 0.25) is 0 Å². The van der Waals surface area contributed by atoms with Gasteiger partial charge in [0.1, 0.15) is 11.6 Å². The molecule has 0 bridgehead atoms. The van der Waals surface area contributed by atoms with Crippen LogP contribution in [0.3, 0.4) is 0 Å². The van der Waals surface area contributed by atoms with E-state index in [0.29, 0.717) is 23.3 Å². The number of benzene rings is 3. The van der Waals surface area contributed by atoms with Gasteiger partial charge in [0.15, 0.2) is 0 Å². The zero-order chi connectivity index (χ0) is 23.4. The second kappa shape index (κ2) is 7.74. The number of rotatable bonds is 4. The van der Waals surface area contributed by atoms with Crippen molar-refractivity contribution < 1.29 is 14.2 Å². The van der Waals surface area contributed by atoms with Crippen LogP contribution in [-0.4, -0.2) is 10.6 Å². The molecular formula is C29H30FNO2. The second-order valence-corrected chi connectivity index (χ2v) is 9.81. The maximum atomic E-state index is 14.2. The number of nitrogens with one attached hydrogen (secondary N) is 1. The first-order valence-corrected chi connectivity index (χ1v) is 11.6. The Morgan fingerprint density at radius 3 is 2.52 bits per heavy atom. The van der Waals surface area contributed by atoms with E-state index >= 15 is 0 Å². The lowest BCUT2D eigenvalue weighted by Gasteiger charge is -2.41. The minimum absolute atomic E-state index is 0.212. The van der Waals surface area contributed by atoms with E-state index in [1.54, 1.807) is 6.07 Å². The van der Waals surface area contributed by atoms with Crippen LogP contribution in [0.15, 0.2) is 60.7 Å². The van der Waals surface area contributed by atoms with E-state index < -0.39 is 5.79 Å². The van der Waals surface area contributed by atoms with Gasteiger partial charge in [0.25, 0.3) is 0 Å². The first kappa shape index (κ1) is 21.7. The van der Waals surface area contributed by atoms with Crippen molar-refractivity contribution in [3.63, 3.8) is 0 Å². The zero-order valence-corrected chi connectivity index (χ0v) is 19.6. The summed E-state index contributed by atoms with van der Waals surface area (Å²) < 4.78 is 20.6. The van der Waals surface area contributed by atoms with Crippen molar-refractivity contribution in [2.24, 2.45) is 0 Å². The van der Waals surface area contributed by atoms with Crippen LogP contribution in [-0.2, 0) is 18.6 Å². The summed E-state index contributed by atoms with van der Waals surface area (Å²) in [6.45, 7) is 8.45. The third kappa shape index (κ3) is 3.72. The number of halogens is 1. The molecule has 1 atom stereocenters. The molecule has 0 fully saturated rings. The summed E-state index contributed by atoms with van der Waals surface area (Å²) in [4.78, 5) is 0. The minimum atomic E-state index is -1.59. The molecule has 3 nitrogen and oxygen atoms in total. The smallest absolute Gasteiger partial charge is 0.240 e. The number of allylic oxidation sites excluding steroid dienone is 1. The maximum absolute atomic E-state index is 14.2. The zero-order valence-electron chi connectivity index (χ0n) is 19.6. The SMILES string of the molecule is CCCc1ccccc1CC1(O)Oc2ccc(F)cc2-c2ccc3c(c21)C(C)=CC(C)(C)N3. The Hall–Kier alpha value is -3.11. The van der Waals surface area contributed by atoms with Crippen molar-refractivity contribution in [2.75, 3.05) is 5.32 Å². The highest BCUT2D eigenvalue weighted by atomic mass is 19.1. The maximum Gasteiger partial charge on any atom is 0.240 e. The fraction of sp³-hybridized carbons (Fsp3) is 0.310. The average molecular weight is 444 g/mol. The summed E-state index contributed by atoms with van der Waals surface area (Å²) in [5.41, 5.74) is 7.16. The van der Waals surface area contributed by atoms with Gasteiger partial charge in [-0.15, -0.1) is 0 Å². The molecule has 3 aromatic carbocycles. The molecule has 33 heavy (non-hydrogen) atoms. The monoisotopic (exact) mass is 443 g/mol. The highest BCUT2D eigenvalue weighted by molar-refractivity contribution is 5.90. The van der Waals surface area contributed by atoms with Crippen molar-refractivity contribution >= 4 is 11.3 Å². The van der Waals surface area contributed by atoms with Crippen LogP contribution in [0.4, 0.5) is 10.1 Å². The van der Waals surface area contributed by atoms with Gasteiger partial charge >= 0.3 is 0 Å². The lowest BCUT2D eigenvalue weighted by atomic mass is 9.78. The molecule has 0 spiro atoms. The predicted octanol–water partition coefficient (Wildman–Crippen LogP) is 6.83. The van der Waals surface area contributed by atoms with Crippen LogP contribution in [0.5, 0.6) is 5.75 Å². The fourth-order valence-corrected chi connectivity index (χ4v) is 5.40. The molecule has 1 unspecified atom stereocenters. The summed E-state index contributed by atoms with van der Waals surface area (Å²) in [7, 11) is 0. The van der Waals surface area contributed by atoms with Crippen molar-refractivity contribution in [1.29, 1.82) is 0 Å². The fourth-order valence-electron chi connectivity index (χ4n) is 5.40. The topological polar surface area (TPSA) is 41.5 Å². The lowest BCUT2D eigenvalue weighted by Crippen LogP contribution is -2.41. The molecule has 170 valence electrons. The molecule has 2 N–H and O–H groups in total. The van der Waals surface area contributed by atoms with Crippen LogP contribution in [0.25, 0.3) is 16.7 Å². The number of aryl methyl sites for hydroxylation is 1. The van der Waals surface area contributed by atoms with Gasteiger partial charge in [0.05, 0.1) is 5.54 Å². The van der Waals surface area contributed by atoms with Gasteiger partial charge in [-0.2, -0.15) is 0 Å². The van der Waals surface area contributed by atoms with E-state index in [1.165, 1.54) is 17.7 Å². The van der Waals surface area contributed by atoms with Crippen LogP contribution in [0, 0.1) is 5.82 Å². The van der Waals surface area contributed by atoms with Gasteiger partial charge in [-0.25, -0.2) is 4.39 Å². The van der Waals surface area contributed by atoms with Gasteiger partial charge in [0.2, 0.25) is 5.79 Å². The standard InChI is InChI=1S/C29H30FNO2/c1-5-8-19-9-6-7-10-20(19)17-29(32)27-22(23-15-21(30)11-14-25(23)33-29)12-13-24-26(27)18(2)16-28(3,4)31-24/h6-7,9-16,31-32H,5,8,17H2,1-4H3. The largest absolute Gasteiger partial charge is 0.457 e. The van der Waals surface area contributed by atoms with Crippen molar-refractivity contribution in [3.05, 3.63) is 88.7 Å². The molecule has 0 amide bonds. The number of fused-ring (bicyclic) bond motifs is 5. The second-order valence-electron chi connectivity index (χ2n) is 9.81. The normalized spacial score (nSPS) is 20.0. The third-order valence-corrected chi connectivity index (χ3v) is 6.60. The Labute approximate surface area is 194 Å². The first-order valence-electron chi connectivity index (χ1n) is 11.6. The highest BCUT2D eigenvalue weighted by Gasteiger charge is 2.44. The van der Waals surface area contributed by atoms with Gasteiger partial charge < -0.3 is 15.2 Å². The third-order valence-electron chi connectivity index (χ3n) is 6.60. The van der Waals surface area contributed by atoms with Gasteiger partial charge in [-0.3, -0.25) is 0 Å². The molecule has 0 aliphatic carbocycles. The van der Waals surface area contributed by atoms with E-state index in [4.69, 9.17) is 4.74 Å². The highest BCUT2D eigenvalue weighted by Crippen LogP contribution is 2.51. The molecule has 5 rings (SSSR count). The summed E-state index contributed by atoms with van der Waals surface area (Å²) in [6, 6.07) is 16.7. The Morgan fingerprint density at radius 2 is 1.76 bits per heavy atom. The van der Waals surface area contributed by atoms with Crippen LogP contribution >= 0.6 is 0 Å². The van der Waals surface area contributed by atoms with Crippen molar-refractivity contribution in [3.8, 4) is 16.9 Å². The molecule has 0 saturated carbocycles. The molecular weight excluding hydrogens is 413 g/mol. The summed E-state index contributed by atoms with van der Waals surface area (Å²) >= 11 is 0. The Balaban J connectivity index is 1.75. The van der Waals surface area contributed by atoms with E-state index in [9.17, 15) is 9.50 Å².